The van der Waals surface area contributed by atoms with Crippen molar-refractivity contribution in [3.05, 3.63) is 11.8 Å². The van der Waals surface area contributed by atoms with Crippen LogP contribution < -0.4 is 0 Å². The van der Waals surface area contributed by atoms with Crippen LogP contribution in [0.25, 0.3) is 0 Å². The molecular formula is C13H12F12O2. The summed E-state index contributed by atoms with van der Waals surface area (Å²) in [4.78, 5) is 11.5. The number of hydrogen-bond donors (Lipinski definition) is 1. The molecule has 0 spiro atoms. The predicted octanol–water partition coefficient (Wildman–Crippen LogP) is 6.04. The van der Waals surface area contributed by atoms with Gasteiger partial charge < -0.3 is 5.11 Å². The third-order valence-electron chi connectivity index (χ3n) is 3.02. The molecule has 160 valence electrons. The Kier molecular flexibility index (Phi) is 8.07. The van der Waals surface area contributed by atoms with Crippen LogP contribution in [-0.4, -0.2) is 35.6 Å². The molecule has 0 saturated heterocycles. The van der Waals surface area contributed by atoms with E-state index in [0.29, 0.717) is 0 Å². The van der Waals surface area contributed by atoms with E-state index in [0.717, 1.165) is 0 Å². The molecule has 0 saturated carbocycles. The van der Waals surface area contributed by atoms with E-state index in [1.807, 2.05) is 0 Å². The first-order valence-corrected chi connectivity index (χ1v) is 6.90. The van der Waals surface area contributed by atoms with E-state index in [-0.39, 0.29) is 0 Å². The normalized spacial score (nSPS) is 15.0. The Morgan fingerprint density at radius 1 is 0.630 bits per heavy atom. The fourth-order valence-corrected chi connectivity index (χ4v) is 2.05. The summed E-state index contributed by atoms with van der Waals surface area (Å²) in [6.07, 6.45) is -30.7. The van der Waals surface area contributed by atoms with Crippen LogP contribution in [0.3, 0.4) is 0 Å². The van der Waals surface area contributed by atoms with Crippen molar-refractivity contribution in [1.29, 1.82) is 0 Å². The Morgan fingerprint density at radius 2 is 0.889 bits per heavy atom. The van der Waals surface area contributed by atoms with E-state index in [4.69, 9.17) is 0 Å². The Morgan fingerprint density at radius 3 is 1.15 bits per heavy atom. The minimum Gasteiger partial charge on any atom is -0.512 e. The fourth-order valence-electron chi connectivity index (χ4n) is 2.05. The van der Waals surface area contributed by atoms with Crippen molar-refractivity contribution in [3.63, 3.8) is 0 Å². The van der Waals surface area contributed by atoms with Gasteiger partial charge >= 0.3 is 24.7 Å². The highest BCUT2D eigenvalue weighted by atomic mass is 19.4. The van der Waals surface area contributed by atoms with E-state index < -0.39 is 79.8 Å². The molecule has 0 bridgehead atoms. The second-order valence-corrected chi connectivity index (χ2v) is 5.64. The molecule has 0 aliphatic rings. The standard InChI is InChI=1S/C13H12F12O2/c14-10(15,16)2-6(3-11(17,18)19)8(26)1-9(27)7(4-12(20,21)22)5-13(23,24)25/h1,6-7,26H,2-5H2. The summed E-state index contributed by atoms with van der Waals surface area (Å²) in [5.74, 6) is -9.63. The van der Waals surface area contributed by atoms with Crippen molar-refractivity contribution in [2.24, 2.45) is 11.8 Å². The summed E-state index contributed by atoms with van der Waals surface area (Å²) >= 11 is 0. The molecule has 2 nitrogen and oxygen atoms in total. The molecule has 0 aromatic rings. The number of aliphatic hydroxyl groups is 1. The van der Waals surface area contributed by atoms with E-state index >= 15 is 0 Å². The summed E-state index contributed by atoms with van der Waals surface area (Å²) in [6.45, 7) is 0. The molecule has 0 aromatic heterocycles. The van der Waals surface area contributed by atoms with Crippen LogP contribution in [-0.2, 0) is 4.79 Å². The minimum atomic E-state index is -5.27. The van der Waals surface area contributed by atoms with Crippen molar-refractivity contribution in [1.82, 2.24) is 0 Å². The lowest BCUT2D eigenvalue weighted by atomic mass is 9.92. The SMILES string of the molecule is O=C(C=C(O)C(CC(F)(F)F)CC(F)(F)F)C(CC(F)(F)F)CC(F)(F)F. The molecule has 1 N–H and O–H groups in total. The molecule has 0 atom stereocenters. The third kappa shape index (κ3) is 13.2. The van der Waals surface area contributed by atoms with Crippen molar-refractivity contribution < 1.29 is 62.6 Å². The summed E-state index contributed by atoms with van der Waals surface area (Å²) in [5, 5.41) is 9.33. The Balaban J connectivity index is 5.63. The number of ketones is 1. The molecule has 0 unspecified atom stereocenters. The Hall–Kier alpha value is -1.63. The molecule has 0 aliphatic heterocycles. The lowest BCUT2D eigenvalue weighted by Crippen LogP contribution is -2.28. The Bertz CT molecular complexity index is 491. The van der Waals surface area contributed by atoms with Crippen LogP contribution in [0.15, 0.2) is 11.8 Å². The van der Waals surface area contributed by atoms with Crippen LogP contribution in [0.4, 0.5) is 52.7 Å². The lowest BCUT2D eigenvalue weighted by Gasteiger charge is -2.21. The van der Waals surface area contributed by atoms with Gasteiger partial charge in [-0.3, -0.25) is 4.79 Å². The average molecular weight is 428 g/mol. The zero-order chi connectivity index (χ0) is 21.8. The summed E-state index contributed by atoms with van der Waals surface area (Å²) < 4.78 is 147. The number of halogens is 12. The largest absolute Gasteiger partial charge is 0.512 e. The van der Waals surface area contributed by atoms with Crippen molar-refractivity contribution in [3.8, 4) is 0 Å². The minimum absolute atomic E-state index is 0.440. The molecule has 0 aliphatic carbocycles. The molecule has 0 heterocycles. The first-order valence-electron chi connectivity index (χ1n) is 6.90. The Labute approximate surface area is 143 Å². The van der Waals surface area contributed by atoms with Crippen LogP contribution >= 0.6 is 0 Å². The van der Waals surface area contributed by atoms with Gasteiger partial charge in [0.25, 0.3) is 0 Å². The van der Waals surface area contributed by atoms with Gasteiger partial charge in [0.2, 0.25) is 0 Å². The third-order valence-corrected chi connectivity index (χ3v) is 3.02. The molecule has 0 radical (unpaired) electrons. The van der Waals surface area contributed by atoms with E-state index in [1.165, 1.54) is 0 Å². The van der Waals surface area contributed by atoms with Crippen LogP contribution in [0.1, 0.15) is 25.7 Å². The average Bonchev–Trinajstić information content (AvgIpc) is 2.29. The number of allylic oxidation sites excluding steroid dienone is 2. The second-order valence-electron chi connectivity index (χ2n) is 5.64. The molecule has 0 amide bonds. The molecular weight excluding hydrogens is 416 g/mol. The van der Waals surface area contributed by atoms with Gasteiger partial charge in [0.15, 0.2) is 5.78 Å². The maximum Gasteiger partial charge on any atom is 0.389 e. The number of rotatable bonds is 7. The number of carbonyl (C=O) groups is 1. The van der Waals surface area contributed by atoms with Crippen LogP contribution in [0, 0.1) is 11.8 Å². The van der Waals surface area contributed by atoms with E-state index in [1.54, 1.807) is 0 Å². The van der Waals surface area contributed by atoms with Crippen LogP contribution in [0.2, 0.25) is 0 Å². The lowest BCUT2D eigenvalue weighted by molar-refractivity contribution is -0.176. The second kappa shape index (κ2) is 8.59. The summed E-state index contributed by atoms with van der Waals surface area (Å²) in [7, 11) is 0. The zero-order valence-electron chi connectivity index (χ0n) is 13.0. The van der Waals surface area contributed by atoms with Gasteiger partial charge in [-0.15, -0.1) is 0 Å². The van der Waals surface area contributed by atoms with Gasteiger partial charge in [-0.25, -0.2) is 0 Å². The van der Waals surface area contributed by atoms with Crippen molar-refractivity contribution in [2.75, 3.05) is 0 Å². The number of alkyl halides is 12. The van der Waals surface area contributed by atoms with Gasteiger partial charge in [0.1, 0.15) is 0 Å². The molecule has 27 heavy (non-hydrogen) atoms. The van der Waals surface area contributed by atoms with Gasteiger partial charge in [-0.2, -0.15) is 52.7 Å². The van der Waals surface area contributed by atoms with Crippen molar-refractivity contribution in [2.45, 2.75) is 50.4 Å². The predicted molar refractivity (Wildman–Crippen MR) is 65.4 cm³/mol. The molecule has 14 heteroatoms. The smallest absolute Gasteiger partial charge is 0.389 e. The van der Waals surface area contributed by atoms with E-state index in [9.17, 15) is 62.6 Å². The topological polar surface area (TPSA) is 37.3 Å². The van der Waals surface area contributed by atoms with E-state index in [2.05, 4.69) is 0 Å². The first kappa shape index (κ1) is 25.4. The van der Waals surface area contributed by atoms with Gasteiger partial charge in [0.05, 0.1) is 31.4 Å². The van der Waals surface area contributed by atoms with Crippen LogP contribution in [0.5, 0.6) is 0 Å². The molecule has 0 aromatic carbocycles. The first-order chi connectivity index (χ1) is 11.7. The maximum absolute atomic E-state index is 12.3. The number of aliphatic hydroxyl groups excluding tert-OH is 1. The molecule has 0 rings (SSSR count). The number of hydrogen-bond acceptors (Lipinski definition) is 2. The number of carbonyl (C=O) groups excluding carboxylic acids is 1. The highest BCUT2D eigenvalue weighted by Gasteiger charge is 2.43. The highest BCUT2D eigenvalue weighted by Crippen LogP contribution is 2.37. The highest BCUT2D eigenvalue weighted by molar-refractivity contribution is 5.92. The van der Waals surface area contributed by atoms with Crippen molar-refractivity contribution >= 4 is 5.78 Å². The summed E-state index contributed by atoms with van der Waals surface area (Å²) in [6, 6.07) is 0. The van der Waals surface area contributed by atoms with Gasteiger partial charge in [-0.05, 0) is 0 Å². The van der Waals surface area contributed by atoms with Gasteiger partial charge in [-0.1, -0.05) is 0 Å². The molecule has 0 fully saturated rings. The zero-order valence-corrected chi connectivity index (χ0v) is 13.0. The summed E-state index contributed by atoms with van der Waals surface area (Å²) in [5.41, 5.74) is 0. The quantitative estimate of drug-likeness (QED) is 0.305. The van der Waals surface area contributed by atoms with Gasteiger partial charge in [0, 0.05) is 17.9 Å². The fraction of sp³-hybridized carbons (Fsp3) is 0.769. The monoisotopic (exact) mass is 428 g/mol. The maximum atomic E-state index is 12.3.